The normalized spacial score (nSPS) is 12.1. The highest BCUT2D eigenvalue weighted by molar-refractivity contribution is 9.10. The monoisotopic (exact) mass is 444 g/mol. The Morgan fingerprint density at radius 1 is 0.786 bits per heavy atom. The van der Waals surface area contributed by atoms with E-state index < -0.39 is 0 Å². The van der Waals surface area contributed by atoms with Crippen LogP contribution in [0, 0.1) is 0 Å². The van der Waals surface area contributed by atoms with Crippen LogP contribution in [0.5, 0.6) is 0 Å². The predicted octanol–water partition coefficient (Wildman–Crippen LogP) is 7.61. The molecule has 0 spiro atoms. The minimum absolute atomic E-state index is 0.180. The van der Waals surface area contributed by atoms with Crippen LogP contribution in [0.15, 0.2) is 60.7 Å². The van der Waals surface area contributed by atoms with Crippen molar-refractivity contribution in [2.24, 2.45) is 0 Å². The summed E-state index contributed by atoms with van der Waals surface area (Å²) in [6.07, 6.45) is 10.6. The fourth-order valence-electron chi connectivity index (χ4n) is 3.35. The number of hydrogen-bond donors (Lipinski definition) is 0. The molecule has 0 fully saturated rings. The lowest BCUT2D eigenvalue weighted by molar-refractivity contribution is -0.146. The second-order valence-electron chi connectivity index (χ2n) is 7.37. The Bertz CT molecular complexity index is 617. The molecule has 1 atom stereocenters. The van der Waals surface area contributed by atoms with E-state index in [-0.39, 0.29) is 16.9 Å². The van der Waals surface area contributed by atoms with E-state index >= 15 is 0 Å². The summed E-state index contributed by atoms with van der Waals surface area (Å²) in [6, 6.07) is 19.9. The van der Waals surface area contributed by atoms with Gasteiger partial charge in [0.2, 0.25) is 0 Å². The third-order valence-electron chi connectivity index (χ3n) is 5.01. The van der Waals surface area contributed by atoms with E-state index in [1.165, 1.54) is 44.9 Å². The van der Waals surface area contributed by atoms with Gasteiger partial charge in [-0.25, -0.2) is 0 Å². The second kappa shape index (κ2) is 13.5. The zero-order valence-corrected chi connectivity index (χ0v) is 18.6. The highest BCUT2D eigenvalue weighted by atomic mass is 79.9. The molecule has 152 valence electrons. The molecule has 0 bridgehead atoms. The summed E-state index contributed by atoms with van der Waals surface area (Å²) >= 11 is 3.55. The summed E-state index contributed by atoms with van der Waals surface area (Å²) in [5, 5.41) is 0. The summed E-state index contributed by atoms with van der Waals surface area (Å²) in [5.41, 5.74) is 1.99. The van der Waals surface area contributed by atoms with Crippen molar-refractivity contribution in [2.45, 2.75) is 75.6 Å². The number of alkyl halides is 1. The number of benzene rings is 2. The van der Waals surface area contributed by atoms with Gasteiger partial charge in [-0.15, -0.1) is 0 Å². The predicted molar refractivity (Wildman–Crippen MR) is 121 cm³/mol. The van der Waals surface area contributed by atoms with Crippen LogP contribution in [0.2, 0.25) is 0 Å². The van der Waals surface area contributed by atoms with Gasteiger partial charge in [0.15, 0.2) is 6.10 Å². The van der Waals surface area contributed by atoms with Gasteiger partial charge in [-0.3, -0.25) is 4.79 Å². The topological polar surface area (TPSA) is 26.3 Å². The van der Waals surface area contributed by atoms with Crippen LogP contribution in [0.25, 0.3) is 0 Å². The molecule has 28 heavy (non-hydrogen) atoms. The summed E-state index contributed by atoms with van der Waals surface area (Å²) < 4.78 is 5.92. The minimum atomic E-state index is -0.367. The van der Waals surface area contributed by atoms with Crippen LogP contribution < -0.4 is 0 Å². The van der Waals surface area contributed by atoms with E-state index in [2.05, 4.69) is 22.9 Å². The molecule has 0 N–H and O–H groups in total. The smallest absolute Gasteiger partial charge is 0.320 e. The van der Waals surface area contributed by atoms with Crippen molar-refractivity contribution in [1.29, 1.82) is 0 Å². The number of unbranched alkanes of at least 4 members (excludes halogenated alkanes) is 7. The average Bonchev–Trinajstić information content (AvgIpc) is 2.74. The van der Waals surface area contributed by atoms with Gasteiger partial charge in [0.05, 0.1) is 0 Å². The quantitative estimate of drug-likeness (QED) is 0.180. The van der Waals surface area contributed by atoms with Crippen molar-refractivity contribution in [3.05, 3.63) is 71.8 Å². The highest BCUT2D eigenvalue weighted by Gasteiger charge is 2.23. The average molecular weight is 445 g/mol. The molecule has 0 amide bonds. The Morgan fingerprint density at radius 3 is 1.75 bits per heavy atom. The minimum Gasteiger partial charge on any atom is -0.452 e. The second-order valence-corrected chi connectivity index (χ2v) is 8.47. The lowest BCUT2D eigenvalue weighted by Gasteiger charge is -2.20. The molecule has 2 rings (SSSR count). The van der Waals surface area contributed by atoms with Crippen molar-refractivity contribution in [2.75, 3.05) is 0 Å². The van der Waals surface area contributed by atoms with Gasteiger partial charge in [-0.05, 0) is 17.5 Å². The Labute approximate surface area is 178 Å². The molecule has 0 aromatic heterocycles. The van der Waals surface area contributed by atoms with Crippen molar-refractivity contribution >= 4 is 21.9 Å². The number of halogens is 1. The fraction of sp³-hybridized carbons (Fsp3) is 0.480. The summed E-state index contributed by atoms with van der Waals surface area (Å²) in [5.74, 6) is -0.180. The molecule has 3 heteroatoms. The number of carbonyl (C=O) groups excluding carboxylic acids is 1. The van der Waals surface area contributed by atoms with Crippen LogP contribution in [0.3, 0.4) is 0 Å². The molecular formula is C25H33BrO2. The molecule has 0 aliphatic rings. The van der Waals surface area contributed by atoms with Crippen LogP contribution in [0.1, 0.15) is 81.9 Å². The molecule has 0 aliphatic carbocycles. The fourth-order valence-corrected chi connectivity index (χ4v) is 3.78. The van der Waals surface area contributed by atoms with E-state index in [9.17, 15) is 4.79 Å². The van der Waals surface area contributed by atoms with Gasteiger partial charge in [0.1, 0.15) is 4.83 Å². The van der Waals surface area contributed by atoms with Crippen molar-refractivity contribution in [1.82, 2.24) is 0 Å². The van der Waals surface area contributed by atoms with Gasteiger partial charge in [-0.2, -0.15) is 0 Å². The van der Waals surface area contributed by atoms with E-state index in [1.807, 2.05) is 60.7 Å². The van der Waals surface area contributed by atoms with Crippen LogP contribution in [-0.4, -0.2) is 10.8 Å². The van der Waals surface area contributed by atoms with Crippen molar-refractivity contribution in [3.8, 4) is 0 Å². The van der Waals surface area contributed by atoms with Crippen LogP contribution in [-0.2, 0) is 9.53 Å². The molecule has 0 aliphatic heterocycles. The molecule has 0 saturated heterocycles. The zero-order chi connectivity index (χ0) is 20.0. The standard InChI is InChI=1S/C25H33BrO2/c1-2-3-4-5-6-7-8-15-20-23(26)25(27)28-24(21-16-11-9-12-17-21)22-18-13-10-14-19-22/h9-14,16-19,23-24H,2-8,15,20H2,1H3. The maximum Gasteiger partial charge on any atom is 0.320 e. The van der Waals surface area contributed by atoms with Gasteiger partial charge in [0, 0.05) is 0 Å². The number of rotatable bonds is 13. The van der Waals surface area contributed by atoms with E-state index in [4.69, 9.17) is 4.74 Å². The van der Waals surface area contributed by atoms with Gasteiger partial charge >= 0.3 is 5.97 Å². The highest BCUT2D eigenvalue weighted by Crippen LogP contribution is 2.28. The Morgan fingerprint density at radius 2 is 1.25 bits per heavy atom. The van der Waals surface area contributed by atoms with Crippen molar-refractivity contribution in [3.63, 3.8) is 0 Å². The third kappa shape index (κ3) is 8.18. The first-order valence-electron chi connectivity index (χ1n) is 10.7. The molecule has 0 saturated carbocycles. The first kappa shape index (κ1) is 22.7. The lowest BCUT2D eigenvalue weighted by Crippen LogP contribution is -2.21. The lowest BCUT2D eigenvalue weighted by atomic mass is 10.0. The summed E-state index contributed by atoms with van der Waals surface area (Å²) in [4.78, 5) is 12.4. The van der Waals surface area contributed by atoms with E-state index in [0.717, 1.165) is 24.0 Å². The Balaban J connectivity index is 1.81. The number of carbonyl (C=O) groups is 1. The van der Waals surface area contributed by atoms with E-state index in [1.54, 1.807) is 0 Å². The molecule has 1 unspecified atom stereocenters. The SMILES string of the molecule is CCCCCCCCCCC(Br)C(=O)OC(c1ccccc1)c1ccccc1. The van der Waals surface area contributed by atoms with Crippen LogP contribution in [0.4, 0.5) is 0 Å². The largest absolute Gasteiger partial charge is 0.452 e. The molecular weight excluding hydrogens is 412 g/mol. The first-order chi connectivity index (χ1) is 13.7. The maximum atomic E-state index is 12.7. The molecule has 2 aromatic carbocycles. The van der Waals surface area contributed by atoms with Crippen LogP contribution >= 0.6 is 15.9 Å². The first-order valence-corrected chi connectivity index (χ1v) is 11.6. The number of ether oxygens (including phenoxy) is 1. The van der Waals surface area contributed by atoms with E-state index in [0.29, 0.717) is 0 Å². The number of esters is 1. The number of hydrogen-bond acceptors (Lipinski definition) is 2. The van der Waals surface area contributed by atoms with Gasteiger partial charge < -0.3 is 4.74 Å². The Kier molecular flexibility index (Phi) is 11.0. The summed E-state index contributed by atoms with van der Waals surface area (Å²) in [7, 11) is 0. The molecule has 2 aromatic rings. The maximum absolute atomic E-state index is 12.7. The Hall–Kier alpha value is -1.61. The van der Waals surface area contributed by atoms with Gasteiger partial charge in [-0.1, -0.05) is 135 Å². The third-order valence-corrected chi connectivity index (χ3v) is 5.84. The molecule has 0 radical (unpaired) electrons. The zero-order valence-electron chi connectivity index (χ0n) is 17.0. The van der Waals surface area contributed by atoms with Crippen molar-refractivity contribution < 1.29 is 9.53 Å². The van der Waals surface area contributed by atoms with Gasteiger partial charge in [0.25, 0.3) is 0 Å². The summed E-state index contributed by atoms with van der Waals surface area (Å²) in [6.45, 7) is 2.25. The molecule has 0 heterocycles. The molecule has 2 nitrogen and oxygen atoms in total.